The lowest BCUT2D eigenvalue weighted by Gasteiger charge is -2.13. The first-order valence-corrected chi connectivity index (χ1v) is 10.2. The van der Waals surface area contributed by atoms with Gasteiger partial charge in [0, 0.05) is 41.9 Å². The third-order valence-electron chi connectivity index (χ3n) is 4.97. The summed E-state index contributed by atoms with van der Waals surface area (Å²) in [7, 11) is 0. The monoisotopic (exact) mass is 417 g/mol. The van der Waals surface area contributed by atoms with Crippen LogP contribution in [0.5, 0.6) is 0 Å². The zero-order valence-electron chi connectivity index (χ0n) is 17.8. The number of aromatic nitrogens is 4. The Kier molecular flexibility index (Phi) is 5.50. The van der Waals surface area contributed by atoms with E-state index in [1.807, 2.05) is 45.0 Å². The van der Waals surface area contributed by atoms with Crippen molar-refractivity contribution in [3.63, 3.8) is 0 Å². The molecule has 0 aliphatic rings. The van der Waals surface area contributed by atoms with Gasteiger partial charge in [0.15, 0.2) is 5.65 Å². The Morgan fingerprint density at radius 1 is 1.10 bits per heavy atom. The average Bonchev–Trinajstić information content (AvgIpc) is 3.19. The van der Waals surface area contributed by atoms with Gasteiger partial charge in [0.05, 0.1) is 11.4 Å². The molecular weight excluding hydrogens is 393 g/mol. The Morgan fingerprint density at radius 2 is 1.87 bits per heavy atom. The van der Waals surface area contributed by atoms with E-state index in [1.165, 1.54) is 6.07 Å². The molecule has 158 valence electrons. The lowest BCUT2D eigenvalue weighted by atomic mass is 9.93. The van der Waals surface area contributed by atoms with Gasteiger partial charge in [0.2, 0.25) is 0 Å². The first-order valence-electron chi connectivity index (χ1n) is 10.2. The molecule has 4 aromatic rings. The van der Waals surface area contributed by atoms with Gasteiger partial charge in [-0.2, -0.15) is 5.10 Å². The molecule has 0 atom stereocenters. The van der Waals surface area contributed by atoms with Gasteiger partial charge in [-0.1, -0.05) is 39.0 Å². The molecule has 0 radical (unpaired) electrons. The van der Waals surface area contributed by atoms with Gasteiger partial charge in [-0.15, -0.1) is 0 Å². The van der Waals surface area contributed by atoms with Crippen LogP contribution in [0.3, 0.4) is 0 Å². The van der Waals surface area contributed by atoms with E-state index in [-0.39, 0.29) is 22.8 Å². The highest BCUT2D eigenvalue weighted by Crippen LogP contribution is 2.27. The molecule has 0 aliphatic heterocycles. The van der Waals surface area contributed by atoms with Crippen molar-refractivity contribution in [1.82, 2.24) is 24.9 Å². The number of hydrogen-bond donors (Lipinski definition) is 1. The number of nitrogens with zero attached hydrogens (tertiary/aromatic N) is 4. The molecule has 1 aromatic carbocycles. The predicted octanol–water partition coefficient (Wildman–Crippen LogP) is 4.20. The summed E-state index contributed by atoms with van der Waals surface area (Å²) in [4.78, 5) is 21.6. The van der Waals surface area contributed by atoms with Gasteiger partial charge in [-0.3, -0.25) is 9.78 Å². The smallest absolute Gasteiger partial charge is 0.270 e. The number of fused-ring (bicyclic) bond motifs is 1. The summed E-state index contributed by atoms with van der Waals surface area (Å²) in [6.07, 6.45) is 2.33. The Balaban J connectivity index is 1.70. The lowest BCUT2D eigenvalue weighted by Crippen LogP contribution is -2.27. The van der Waals surface area contributed by atoms with E-state index in [1.54, 1.807) is 35.0 Å². The molecule has 1 N–H and O–H groups in total. The minimum Gasteiger partial charge on any atom is -0.350 e. The summed E-state index contributed by atoms with van der Waals surface area (Å²) in [6, 6.07) is 15.5. The van der Waals surface area contributed by atoms with Gasteiger partial charge in [-0.05, 0) is 30.3 Å². The van der Waals surface area contributed by atoms with Crippen LogP contribution in [0.4, 0.5) is 4.39 Å². The van der Waals surface area contributed by atoms with Crippen molar-refractivity contribution in [3.05, 3.63) is 83.7 Å². The second kappa shape index (κ2) is 8.26. The number of nitrogens with one attached hydrogen (secondary N) is 1. The van der Waals surface area contributed by atoms with E-state index < -0.39 is 0 Å². The van der Waals surface area contributed by atoms with Crippen LogP contribution in [-0.2, 0) is 11.8 Å². The van der Waals surface area contributed by atoms with Gasteiger partial charge in [0.1, 0.15) is 11.5 Å². The fraction of sp³-hybridized carbons (Fsp3) is 0.250. The topological polar surface area (TPSA) is 72.2 Å². The second-order valence-electron chi connectivity index (χ2n) is 8.38. The molecule has 0 aliphatic carbocycles. The van der Waals surface area contributed by atoms with E-state index in [0.29, 0.717) is 29.9 Å². The molecule has 0 unspecified atom stereocenters. The summed E-state index contributed by atoms with van der Waals surface area (Å²) in [5.74, 6) is -0.709. The van der Waals surface area contributed by atoms with Crippen LogP contribution < -0.4 is 5.32 Å². The SMILES string of the molecule is CC(C)(C)c1cc2nc(C(=O)NCCc3ccccn3)cc(-c3ccccc3F)n2n1. The first-order chi connectivity index (χ1) is 14.8. The molecule has 4 rings (SSSR count). The molecule has 7 heteroatoms. The highest BCUT2D eigenvalue weighted by atomic mass is 19.1. The number of rotatable bonds is 5. The third kappa shape index (κ3) is 4.45. The van der Waals surface area contributed by atoms with Crippen LogP contribution >= 0.6 is 0 Å². The maximum atomic E-state index is 14.6. The number of pyridine rings is 1. The molecule has 0 bridgehead atoms. The zero-order chi connectivity index (χ0) is 22.0. The summed E-state index contributed by atoms with van der Waals surface area (Å²) in [5.41, 5.74) is 3.04. The zero-order valence-corrected chi connectivity index (χ0v) is 17.8. The van der Waals surface area contributed by atoms with Crippen LogP contribution in [0.1, 0.15) is 42.6 Å². The number of carbonyl (C=O) groups excluding carboxylic acids is 1. The minimum absolute atomic E-state index is 0.215. The van der Waals surface area contributed by atoms with Crippen LogP contribution in [-0.4, -0.2) is 32.0 Å². The molecular formula is C24H24FN5O. The predicted molar refractivity (Wildman–Crippen MR) is 117 cm³/mol. The van der Waals surface area contributed by atoms with Gasteiger partial charge in [-0.25, -0.2) is 13.9 Å². The summed E-state index contributed by atoms with van der Waals surface area (Å²) in [6.45, 7) is 6.55. The Labute approximate surface area is 180 Å². The van der Waals surface area contributed by atoms with Crippen molar-refractivity contribution in [1.29, 1.82) is 0 Å². The van der Waals surface area contributed by atoms with Gasteiger partial charge in [0.25, 0.3) is 5.91 Å². The fourth-order valence-corrected chi connectivity index (χ4v) is 3.26. The van der Waals surface area contributed by atoms with Crippen LogP contribution in [0.25, 0.3) is 16.9 Å². The molecule has 1 amide bonds. The van der Waals surface area contributed by atoms with Crippen LogP contribution in [0, 0.1) is 5.82 Å². The minimum atomic E-state index is -0.385. The molecule has 3 aromatic heterocycles. The van der Waals surface area contributed by atoms with Crippen molar-refractivity contribution in [2.45, 2.75) is 32.6 Å². The molecule has 0 saturated heterocycles. The van der Waals surface area contributed by atoms with Crippen molar-refractivity contribution in [2.24, 2.45) is 0 Å². The molecule has 0 fully saturated rings. The molecule has 0 spiro atoms. The maximum Gasteiger partial charge on any atom is 0.270 e. The first kappa shape index (κ1) is 20.7. The summed E-state index contributed by atoms with van der Waals surface area (Å²) >= 11 is 0. The largest absolute Gasteiger partial charge is 0.350 e. The van der Waals surface area contributed by atoms with Crippen LogP contribution in [0.2, 0.25) is 0 Å². The Bertz CT molecular complexity index is 1230. The Hall–Kier alpha value is -3.61. The highest BCUT2D eigenvalue weighted by molar-refractivity contribution is 5.94. The second-order valence-corrected chi connectivity index (χ2v) is 8.38. The summed E-state index contributed by atoms with van der Waals surface area (Å²) in [5, 5.41) is 7.53. The highest BCUT2D eigenvalue weighted by Gasteiger charge is 2.22. The van der Waals surface area contributed by atoms with Crippen molar-refractivity contribution in [2.75, 3.05) is 6.54 Å². The maximum absolute atomic E-state index is 14.6. The Morgan fingerprint density at radius 3 is 2.58 bits per heavy atom. The molecule has 0 saturated carbocycles. The van der Waals surface area contributed by atoms with E-state index in [0.717, 1.165) is 11.4 Å². The normalized spacial score (nSPS) is 11.6. The van der Waals surface area contributed by atoms with E-state index in [9.17, 15) is 9.18 Å². The fourth-order valence-electron chi connectivity index (χ4n) is 3.26. The number of benzene rings is 1. The molecule has 3 heterocycles. The average molecular weight is 417 g/mol. The molecule has 31 heavy (non-hydrogen) atoms. The number of halogens is 1. The molecule has 6 nitrogen and oxygen atoms in total. The van der Waals surface area contributed by atoms with Crippen molar-refractivity contribution >= 4 is 11.6 Å². The van der Waals surface area contributed by atoms with Crippen molar-refractivity contribution in [3.8, 4) is 11.3 Å². The van der Waals surface area contributed by atoms with E-state index in [2.05, 4.69) is 20.4 Å². The van der Waals surface area contributed by atoms with E-state index in [4.69, 9.17) is 0 Å². The standard InChI is InChI=1S/C24H24FN5O/c1-24(2,3)21-15-22-28-19(23(31)27-13-11-16-8-6-7-12-26-16)14-20(30(22)29-21)17-9-4-5-10-18(17)25/h4-10,12,14-15H,11,13H2,1-3H3,(H,27,31). The number of hydrogen-bond acceptors (Lipinski definition) is 4. The van der Waals surface area contributed by atoms with Crippen molar-refractivity contribution < 1.29 is 9.18 Å². The number of amides is 1. The van der Waals surface area contributed by atoms with Gasteiger partial charge < -0.3 is 5.32 Å². The van der Waals surface area contributed by atoms with E-state index >= 15 is 0 Å². The van der Waals surface area contributed by atoms with Crippen LogP contribution in [0.15, 0.2) is 60.8 Å². The lowest BCUT2D eigenvalue weighted by molar-refractivity contribution is 0.0949. The third-order valence-corrected chi connectivity index (χ3v) is 4.97. The quantitative estimate of drug-likeness (QED) is 0.528. The summed E-state index contributed by atoms with van der Waals surface area (Å²) < 4.78 is 16.2. The van der Waals surface area contributed by atoms with Gasteiger partial charge >= 0.3 is 0 Å². The number of carbonyl (C=O) groups is 1.